The van der Waals surface area contributed by atoms with E-state index >= 15 is 0 Å². The van der Waals surface area contributed by atoms with Gasteiger partial charge in [-0.05, 0) is 60.4 Å². The molecule has 0 aliphatic carbocycles. The maximum atomic E-state index is 13.5. The van der Waals surface area contributed by atoms with Crippen molar-refractivity contribution in [2.75, 3.05) is 6.54 Å². The number of halogens is 2. The second-order valence-electron chi connectivity index (χ2n) is 7.41. The number of hydrogen-bond donors (Lipinski definition) is 0. The van der Waals surface area contributed by atoms with Crippen molar-refractivity contribution in [3.63, 3.8) is 0 Å². The summed E-state index contributed by atoms with van der Waals surface area (Å²) in [7, 11) is 0. The summed E-state index contributed by atoms with van der Waals surface area (Å²) in [6.45, 7) is 0.695. The standard InChI is InChI=1S/C24H22F2N2O/c25-19-11-9-17(10-12-19)16-24(29)28-13-3-8-23(28)22-7-2-6-21(27-22)15-18-4-1-5-20(26)14-18/h1-2,4-7,9-12,14,23H,3,8,13,15-16H2/t23-/m0/s1. The van der Waals surface area contributed by atoms with Crippen LogP contribution in [0, 0.1) is 11.6 Å². The van der Waals surface area contributed by atoms with Crippen molar-refractivity contribution < 1.29 is 13.6 Å². The van der Waals surface area contributed by atoms with Crippen molar-refractivity contribution in [2.45, 2.75) is 31.7 Å². The number of benzene rings is 2. The van der Waals surface area contributed by atoms with Crippen LogP contribution in [0.15, 0.2) is 66.7 Å². The number of likely N-dealkylation sites (tertiary alicyclic amines) is 1. The Morgan fingerprint density at radius 2 is 1.76 bits per heavy atom. The van der Waals surface area contributed by atoms with Gasteiger partial charge in [-0.1, -0.05) is 30.3 Å². The SMILES string of the molecule is O=C(Cc1ccc(F)cc1)N1CCC[C@H]1c1cccc(Cc2cccc(F)c2)n1. The molecule has 1 aliphatic rings. The van der Waals surface area contributed by atoms with Crippen molar-refractivity contribution in [2.24, 2.45) is 0 Å². The highest BCUT2D eigenvalue weighted by molar-refractivity contribution is 5.79. The van der Waals surface area contributed by atoms with E-state index in [-0.39, 0.29) is 30.0 Å². The summed E-state index contributed by atoms with van der Waals surface area (Å²) in [4.78, 5) is 19.5. The molecule has 29 heavy (non-hydrogen) atoms. The third-order valence-corrected chi connectivity index (χ3v) is 5.29. The molecule has 5 heteroatoms. The molecule has 4 rings (SSSR count). The van der Waals surface area contributed by atoms with Crippen LogP contribution in [0.2, 0.25) is 0 Å². The molecule has 0 bridgehead atoms. The molecule has 0 radical (unpaired) electrons. The molecular formula is C24H22F2N2O. The van der Waals surface area contributed by atoms with E-state index in [0.29, 0.717) is 13.0 Å². The molecule has 3 aromatic rings. The van der Waals surface area contributed by atoms with Crippen LogP contribution in [0.25, 0.3) is 0 Å². The van der Waals surface area contributed by atoms with E-state index in [0.717, 1.165) is 35.4 Å². The average Bonchev–Trinajstić information content (AvgIpc) is 3.20. The second kappa shape index (κ2) is 8.52. The van der Waals surface area contributed by atoms with E-state index in [1.165, 1.54) is 24.3 Å². The third kappa shape index (κ3) is 4.67. The van der Waals surface area contributed by atoms with Crippen molar-refractivity contribution in [3.05, 3.63) is 101 Å². The Hall–Kier alpha value is -3.08. The first-order valence-corrected chi connectivity index (χ1v) is 9.83. The van der Waals surface area contributed by atoms with Gasteiger partial charge in [-0.3, -0.25) is 9.78 Å². The molecule has 2 heterocycles. The van der Waals surface area contributed by atoms with Crippen LogP contribution in [-0.2, 0) is 17.6 Å². The molecule has 0 N–H and O–H groups in total. The first kappa shape index (κ1) is 19.2. The van der Waals surface area contributed by atoms with Crippen LogP contribution in [0.4, 0.5) is 8.78 Å². The van der Waals surface area contributed by atoms with Crippen molar-refractivity contribution in [1.29, 1.82) is 0 Å². The zero-order chi connectivity index (χ0) is 20.2. The van der Waals surface area contributed by atoms with Gasteiger partial charge in [0.05, 0.1) is 18.2 Å². The van der Waals surface area contributed by atoms with E-state index in [1.807, 2.05) is 29.2 Å². The number of carbonyl (C=O) groups is 1. The second-order valence-corrected chi connectivity index (χ2v) is 7.41. The summed E-state index contributed by atoms with van der Waals surface area (Å²) < 4.78 is 26.6. The zero-order valence-corrected chi connectivity index (χ0v) is 16.0. The molecule has 1 aliphatic heterocycles. The van der Waals surface area contributed by atoms with Crippen LogP contribution < -0.4 is 0 Å². The monoisotopic (exact) mass is 392 g/mol. The Morgan fingerprint density at radius 3 is 2.55 bits per heavy atom. The topological polar surface area (TPSA) is 33.2 Å². The number of aromatic nitrogens is 1. The highest BCUT2D eigenvalue weighted by Gasteiger charge is 2.30. The summed E-state index contributed by atoms with van der Waals surface area (Å²) in [5.41, 5.74) is 3.38. The van der Waals surface area contributed by atoms with E-state index in [4.69, 9.17) is 4.98 Å². The van der Waals surface area contributed by atoms with Crippen LogP contribution in [-0.4, -0.2) is 22.3 Å². The average molecular weight is 392 g/mol. The number of amides is 1. The molecular weight excluding hydrogens is 370 g/mol. The lowest BCUT2D eigenvalue weighted by Crippen LogP contribution is -2.32. The lowest BCUT2D eigenvalue weighted by Gasteiger charge is -2.25. The van der Waals surface area contributed by atoms with Crippen LogP contribution >= 0.6 is 0 Å². The number of carbonyl (C=O) groups excluding carboxylic acids is 1. The zero-order valence-electron chi connectivity index (χ0n) is 16.0. The first-order valence-electron chi connectivity index (χ1n) is 9.83. The van der Waals surface area contributed by atoms with Crippen LogP contribution in [0.1, 0.15) is 41.4 Å². The third-order valence-electron chi connectivity index (χ3n) is 5.29. The highest BCUT2D eigenvalue weighted by Crippen LogP contribution is 2.31. The maximum Gasteiger partial charge on any atom is 0.227 e. The fourth-order valence-corrected chi connectivity index (χ4v) is 3.89. The molecule has 1 aromatic heterocycles. The van der Waals surface area contributed by atoms with Crippen molar-refractivity contribution in [1.82, 2.24) is 9.88 Å². The quantitative estimate of drug-likeness (QED) is 0.621. The summed E-state index contributed by atoms with van der Waals surface area (Å²) in [5, 5.41) is 0. The number of pyridine rings is 1. The molecule has 0 saturated carbocycles. The van der Waals surface area contributed by atoms with Gasteiger partial charge >= 0.3 is 0 Å². The van der Waals surface area contributed by atoms with Crippen molar-refractivity contribution >= 4 is 5.91 Å². The van der Waals surface area contributed by atoms with Gasteiger partial charge in [-0.2, -0.15) is 0 Å². The minimum absolute atomic E-state index is 0.0245. The van der Waals surface area contributed by atoms with Crippen LogP contribution in [0.3, 0.4) is 0 Å². The summed E-state index contributed by atoms with van der Waals surface area (Å²) in [5.74, 6) is -0.539. The molecule has 148 valence electrons. The predicted molar refractivity (Wildman–Crippen MR) is 107 cm³/mol. The molecule has 1 fully saturated rings. The first-order chi connectivity index (χ1) is 14.1. The van der Waals surface area contributed by atoms with Gasteiger partial charge in [0.15, 0.2) is 0 Å². The fourth-order valence-electron chi connectivity index (χ4n) is 3.89. The summed E-state index contributed by atoms with van der Waals surface area (Å²) >= 11 is 0. The van der Waals surface area contributed by atoms with Gasteiger partial charge in [-0.25, -0.2) is 8.78 Å². The van der Waals surface area contributed by atoms with Gasteiger partial charge in [-0.15, -0.1) is 0 Å². The molecule has 1 atom stereocenters. The molecule has 1 amide bonds. The summed E-state index contributed by atoms with van der Waals surface area (Å²) in [6, 6.07) is 18.3. The smallest absolute Gasteiger partial charge is 0.227 e. The van der Waals surface area contributed by atoms with Crippen molar-refractivity contribution in [3.8, 4) is 0 Å². The van der Waals surface area contributed by atoms with Gasteiger partial charge in [0, 0.05) is 18.7 Å². The van der Waals surface area contributed by atoms with Gasteiger partial charge < -0.3 is 4.90 Å². The number of nitrogens with zero attached hydrogens (tertiary/aromatic N) is 2. The van der Waals surface area contributed by atoms with Crippen LogP contribution in [0.5, 0.6) is 0 Å². The van der Waals surface area contributed by atoms with E-state index in [9.17, 15) is 13.6 Å². The Balaban J connectivity index is 1.49. The lowest BCUT2D eigenvalue weighted by atomic mass is 10.1. The Morgan fingerprint density at radius 1 is 0.966 bits per heavy atom. The Kier molecular flexibility index (Phi) is 5.65. The molecule has 3 nitrogen and oxygen atoms in total. The normalized spacial score (nSPS) is 16.2. The number of hydrogen-bond acceptors (Lipinski definition) is 2. The highest BCUT2D eigenvalue weighted by atomic mass is 19.1. The van der Waals surface area contributed by atoms with Gasteiger partial charge in [0.25, 0.3) is 0 Å². The van der Waals surface area contributed by atoms with E-state index in [1.54, 1.807) is 18.2 Å². The molecule has 0 spiro atoms. The largest absolute Gasteiger partial charge is 0.334 e. The Bertz CT molecular complexity index is 1000. The van der Waals surface area contributed by atoms with E-state index < -0.39 is 0 Å². The maximum absolute atomic E-state index is 13.5. The lowest BCUT2D eigenvalue weighted by molar-refractivity contribution is -0.131. The molecule has 2 aromatic carbocycles. The summed E-state index contributed by atoms with van der Waals surface area (Å²) in [6.07, 6.45) is 2.59. The minimum atomic E-state index is -0.306. The molecule has 1 saturated heterocycles. The minimum Gasteiger partial charge on any atom is -0.334 e. The van der Waals surface area contributed by atoms with Gasteiger partial charge in [0.2, 0.25) is 5.91 Å². The van der Waals surface area contributed by atoms with E-state index in [2.05, 4.69) is 0 Å². The Labute approximate surface area is 169 Å². The number of rotatable bonds is 5. The molecule has 0 unspecified atom stereocenters. The predicted octanol–water partition coefficient (Wildman–Crippen LogP) is 4.86. The van der Waals surface area contributed by atoms with Gasteiger partial charge in [0.1, 0.15) is 11.6 Å². The fraction of sp³-hybridized carbons (Fsp3) is 0.250.